The Morgan fingerprint density at radius 1 is 0.833 bits per heavy atom. The standard InChI is InChI=1S/C49H59ClN8O7S/c1-4-6-23-56(24-7-5-2)48(61)45-44(50)43(21-31-65-49(62)51-22-26-55-29-27-54(3)28-30-55)58(52-45)42-19-17-38(33-41(42)47(60)57-25-20-36-13-9-11-15-39(36)34-57)46(59)53-66(63,64)40-18-16-35-12-8-10-14-37(35)32-40/h8-19,32-33H,4-7,20-31,34H2,1-3H3,(H,51,62)(H,53,59). The van der Waals surface area contributed by atoms with Crippen molar-refractivity contribution in [3.8, 4) is 5.69 Å². The number of aromatic nitrogens is 2. The summed E-state index contributed by atoms with van der Waals surface area (Å²) in [5.74, 6) is -1.77. The minimum absolute atomic E-state index is 0.0197. The van der Waals surface area contributed by atoms with Crippen molar-refractivity contribution in [1.82, 2.24) is 39.4 Å². The summed E-state index contributed by atoms with van der Waals surface area (Å²) in [6.45, 7) is 10.5. The fraction of sp³-hybridized carbons (Fsp3) is 0.408. The molecule has 2 aliphatic heterocycles. The van der Waals surface area contributed by atoms with E-state index in [1.165, 1.54) is 35.0 Å². The van der Waals surface area contributed by atoms with Crippen LogP contribution >= 0.6 is 11.6 Å². The number of carbonyl (C=O) groups excluding carboxylic acids is 4. The van der Waals surface area contributed by atoms with Crippen molar-refractivity contribution in [3.63, 3.8) is 0 Å². The quantitative estimate of drug-likeness (QED) is 0.0984. The molecule has 4 aromatic carbocycles. The van der Waals surface area contributed by atoms with E-state index >= 15 is 0 Å². The van der Waals surface area contributed by atoms with Crippen LogP contribution in [0.15, 0.2) is 89.8 Å². The Hall–Kier alpha value is -5.81. The van der Waals surface area contributed by atoms with Gasteiger partial charge in [-0.2, -0.15) is 5.10 Å². The number of piperazine rings is 1. The Kier molecular flexibility index (Phi) is 16.1. The fourth-order valence-corrected chi connectivity index (χ4v) is 9.58. The smallest absolute Gasteiger partial charge is 0.407 e. The van der Waals surface area contributed by atoms with Gasteiger partial charge < -0.3 is 24.8 Å². The lowest BCUT2D eigenvalue weighted by atomic mass is 9.98. The van der Waals surface area contributed by atoms with Crippen LogP contribution in [-0.2, 0) is 34.1 Å². The van der Waals surface area contributed by atoms with E-state index in [1.54, 1.807) is 28.0 Å². The number of ether oxygens (including phenoxy) is 1. The van der Waals surface area contributed by atoms with Gasteiger partial charge in [0.15, 0.2) is 5.69 Å². The highest BCUT2D eigenvalue weighted by Gasteiger charge is 2.31. The minimum Gasteiger partial charge on any atom is -0.449 e. The number of alkyl carbamates (subject to hydrolysis) is 1. The first-order chi connectivity index (χ1) is 31.9. The third-order valence-corrected chi connectivity index (χ3v) is 14.0. The second-order valence-electron chi connectivity index (χ2n) is 16.9. The topological polar surface area (TPSA) is 166 Å². The predicted molar refractivity (Wildman–Crippen MR) is 255 cm³/mol. The first-order valence-electron chi connectivity index (χ1n) is 22.8. The highest BCUT2D eigenvalue weighted by atomic mass is 35.5. The molecule has 1 saturated heterocycles. The molecule has 17 heteroatoms. The van der Waals surface area contributed by atoms with Crippen LogP contribution in [0.3, 0.4) is 0 Å². The highest BCUT2D eigenvalue weighted by molar-refractivity contribution is 7.90. The Morgan fingerprint density at radius 2 is 1.53 bits per heavy atom. The number of likely N-dealkylation sites (N-methyl/N-ethyl adjacent to an activating group) is 1. The molecule has 2 N–H and O–H groups in total. The number of nitrogens with zero attached hydrogens (tertiary/aromatic N) is 6. The monoisotopic (exact) mass is 938 g/mol. The maximum atomic E-state index is 14.9. The largest absolute Gasteiger partial charge is 0.449 e. The van der Waals surface area contributed by atoms with Crippen molar-refractivity contribution < 1.29 is 32.3 Å². The number of hydrogen-bond donors (Lipinski definition) is 2. The maximum Gasteiger partial charge on any atom is 0.407 e. The van der Waals surface area contributed by atoms with Gasteiger partial charge in [0.25, 0.3) is 27.7 Å². The molecule has 0 unspecified atom stereocenters. The zero-order valence-corrected chi connectivity index (χ0v) is 39.5. The normalized spacial score (nSPS) is 14.5. The molecule has 3 heterocycles. The molecule has 5 aromatic rings. The third kappa shape index (κ3) is 11.6. The van der Waals surface area contributed by atoms with Crippen molar-refractivity contribution in [3.05, 3.63) is 124 Å². The van der Waals surface area contributed by atoms with E-state index in [2.05, 4.69) is 26.9 Å². The van der Waals surface area contributed by atoms with Gasteiger partial charge in [0.1, 0.15) is 0 Å². The number of carbonyl (C=O) groups is 4. The predicted octanol–water partition coefficient (Wildman–Crippen LogP) is 6.55. The number of halogens is 1. The van der Waals surface area contributed by atoms with Gasteiger partial charge in [-0.3, -0.25) is 19.3 Å². The summed E-state index contributed by atoms with van der Waals surface area (Å²) in [6.07, 6.45) is 3.29. The van der Waals surface area contributed by atoms with Crippen LogP contribution in [0.4, 0.5) is 4.79 Å². The summed E-state index contributed by atoms with van der Waals surface area (Å²) in [5, 5.41) is 9.20. The highest BCUT2D eigenvalue weighted by Crippen LogP contribution is 2.30. The SMILES string of the molecule is CCCCN(CCCC)C(=O)c1nn(-c2ccc(C(=O)NS(=O)(=O)c3ccc4ccccc4c3)cc2C(=O)N2CCc3ccccc3C2)c(CCOC(=O)NCCN2CCN(C)CC2)c1Cl. The summed E-state index contributed by atoms with van der Waals surface area (Å²) >= 11 is 7.15. The molecule has 2 aliphatic rings. The van der Waals surface area contributed by atoms with Gasteiger partial charge in [-0.25, -0.2) is 22.6 Å². The fourth-order valence-electron chi connectivity index (χ4n) is 8.27. The van der Waals surface area contributed by atoms with Crippen LogP contribution in [0.5, 0.6) is 0 Å². The Balaban J connectivity index is 1.23. The second-order valence-corrected chi connectivity index (χ2v) is 19.0. The molecular formula is C49H59ClN8O7S. The molecule has 0 bridgehead atoms. The van der Waals surface area contributed by atoms with Crippen LogP contribution in [0.1, 0.15) is 87.6 Å². The molecule has 1 fully saturated rings. The molecule has 350 valence electrons. The molecule has 0 atom stereocenters. The summed E-state index contributed by atoms with van der Waals surface area (Å²) in [6, 6.07) is 24.0. The Bertz CT molecular complexity index is 2660. The number of sulfonamides is 1. The van der Waals surface area contributed by atoms with Gasteiger partial charge >= 0.3 is 6.09 Å². The molecule has 1 aromatic heterocycles. The van der Waals surface area contributed by atoms with Crippen molar-refractivity contribution in [2.75, 3.05) is 72.6 Å². The first kappa shape index (κ1) is 48.1. The van der Waals surface area contributed by atoms with Gasteiger partial charge in [0, 0.05) is 77.4 Å². The van der Waals surface area contributed by atoms with Gasteiger partial charge in [0.2, 0.25) is 0 Å². The van der Waals surface area contributed by atoms with E-state index in [1.807, 2.05) is 50.2 Å². The van der Waals surface area contributed by atoms with Gasteiger partial charge in [-0.15, -0.1) is 0 Å². The summed E-state index contributed by atoms with van der Waals surface area (Å²) in [5.41, 5.74) is 2.52. The van der Waals surface area contributed by atoms with Crippen LogP contribution in [-0.4, -0.2) is 134 Å². The lowest BCUT2D eigenvalue weighted by molar-refractivity contribution is 0.0732. The summed E-state index contributed by atoms with van der Waals surface area (Å²) in [4.78, 5) is 63.9. The van der Waals surface area contributed by atoms with E-state index in [9.17, 15) is 27.6 Å². The van der Waals surface area contributed by atoms with Crippen molar-refractivity contribution in [2.24, 2.45) is 0 Å². The van der Waals surface area contributed by atoms with Crippen molar-refractivity contribution in [1.29, 1.82) is 0 Å². The Labute approximate surface area is 392 Å². The molecule has 0 saturated carbocycles. The van der Waals surface area contributed by atoms with Crippen LogP contribution in [0.2, 0.25) is 5.02 Å². The number of benzene rings is 4. The molecular weight excluding hydrogens is 880 g/mol. The lowest BCUT2D eigenvalue weighted by Gasteiger charge is -2.32. The van der Waals surface area contributed by atoms with E-state index < -0.39 is 27.9 Å². The van der Waals surface area contributed by atoms with E-state index in [4.69, 9.17) is 21.4 Å². The average molecular weight is 940 g/mol. The molecule has 15 nitrogen and oxygen atoms in total. The number of amides is 4. The zero-order chi connectivity index (χ0) is 46.8. The van der Waals surface area contributed by atoms with E-state index in [0.29, 0.717) is 56.8 Å². The number of nitrogens with one attached hydrogen (secondary N) is 2. The summed E-state index contributed by atoms with van der Waals surface area (Å²) < 4.78 is 36.5. The van der Waals surface area contributed by atoms with Crippen LogP contribution < -0.4 is 10.0 Å². The number of fused-ring (bicyclic) bond motifs is 2. The van der Waals surface area contributed by atoms with Crippen LogP contribution in [0.25, 0.3) is 16.5 Å². The number of unbranched alkanes of at least 4 members (excludes halogenated alkanes) is 2. The van der Waals surface area contributed by atoms with Crippen molar-refractivity contribution in [2.45, 2.75) is 63.8 Å². The third-order valence-electron chi connectivity index (χ3n) is 12.2. The molecule has 0 aliphatic carbocycles. The average Bonchev–Trinajstić information content (AvgIpc) is 3.65. The zero-order valence-electron chi connectivity index (χ0n) is 37.9. The second kappa shape index (κ2) is 22.1. The molecule has 66 heavy (non-hydrogen) atoms. The van der Waals surface area contributed by atoms with Gasteiger partial charge in [-0.1, -0.05) is 92.9 Å². The number of rotatable bonds is 18. The van der Waals surface area contributed by atoms with E-state index in [0.717, 1.165) is 68.4 Å². The molecule has 7 rings (SSSR count). The first-order valence-corrected chi connectivity index (χ1v) is 24.7. The van der Waals surface area contributed by atoms with Gasteiger partial charge in [-0.05, 0) is 78.5 Å². The van der Waals surface area contributed by atoms with E-state index in [-0.39, 0.29) is 51.4 Å². The van der Waals surface area contributed by atoms with Crippen molar-refractivity contribution >= 4 is 56.2 Å². The number of hydrogen-bond acceptors (Lipinski definition) is 10. The summed E-state index contributed by atoms with van der Waals surface area (Å²) in [7, 11) is -2.26. The lowest BCUT2D eigenvalue weighted by Crippen LogP contribution is -2.47. The Morgan fingerprint density at radius 3 is 2.26 bits per heavy atom. The minimum atomic E-state index is -4.34. The van der Waals surface area contributed by atoms with Gasteiger partial charge in [0.05, 0.1) is 33.5 Å². The van der Waals surface area contributed by atoms with Crippen LogP contribution in [0, 0.1) is 0 Å². The molecule has 0 spiro atoms. The molecule has 0 radical (unpaired) electrons. The molecule has 4 amide bonds. The maximum absolute atomic E-state index is 14.9.